The van der Waals surface area contributed by atoms with E-state index in [1.54, 1.807) is 12.1 Å². The summed E-state index contributed by atoms with van der Waals surface area (Å²) in [5, 5.41) is 3.50. The third kappa shape index (κ3) is 4.29. The predicted molar refractivity (Wildman–Crippen MR) is 76.0 cm³/mol. The topological polar surface area (TPSA) is 29.1 Å². The van der Waals surface area contributed by atoms with Crippen molar-refractivity contribution in [1.29, 1.82) is 0 Å². The van der Waals surface area contributed by atoms with E-state index in [2.05, 4.69) is 41.8 Å². The van der Waals surface area contributed by atoms with E-state index in [9.17, 15) is 4.79 Å². The quantitative estimate of drug-likeness (QED) is 0.823. The van der Waals surface area contributed by atoms with E-state index in [1.807, 2.05) is 6.07 Å². The first-order chi connectivity index (χ1) is 7.50. The van der Waals surface area contributed by atoms with Crippen molar-refractivity contribution in [2.45, 2.75) is 20.3 Å². The standard InChI is InChI=1S/C12H15ClINO/c1-8(2)5-6-15-12(16)9-3-4-11(14)10(13)7-9/h3-4,7-8H,5-6H2,1-2H3,(H,15,16). The Labute approximate surface area is 115 Å². The van der Waals surface area contributed by atoms with Crippen molar-refractivity contribution in [3.63, 3.8) is 0 Å². The van der Waals surface area contributed by atoms with Gasteiger partial charge in [0, 0.05) is 15.7 Å². The molecule has 16 heavy (non-hydrogen) atoms. The van der Waals surface area contributed by atoms with E-state index in [0.717, 1.165) is 9.99 Å². The molecule has 0 aliphatic carbocycles. The lowest BCUT2D eigenvalue weighted by Gasteiger charge is -2.07. The number of carbonyl (C=O) groups excluding carboxylic acids is 1. The number of rotatable bonds is 4. The van der Waals surface area contributed by atoms with Crippen LogP contribution in [0.2, 0.25) is 5.02 Å². The molecule has 0 saturated carbocycles. The summed E-state index contributed by atoms with van der Waals surface area (Å²) < 4.78 is 0.956. The largest absolute Gasteiger partial charge is 0.352 e. The average Bonchev–Trinajstić information content (AvgIpc) is 2.21. The summed E-state index contributed by atoms with van der Waals surface area (Å²) in [6.07, 6.45) is 0.990. The van der Waals surface area contributed by atoms with Crippen LogP contribution in [0.5, 0.6) is 0 Å². The van der Waals surface area contributed by atoms with Gasteiger partial charge in [0.1, 0.15) is 0 Å². The molecule has 2 nitrogen and oxygen atoms in total. The lowest BCUT2D eigenvalue weighted by molar-refractivity contribution is 0.0952. The molecule has 0 bridgehead atoms. The molecule has 1 amide bonds. The number of hydrogen-bond donors (Lipinski definition) is 1. The van der Waals surface area contributed by atoms with Crippen LogP contribution in [0.1, 0.15) is 30.6 Å². The van der Waals surface area contributed by atoms with Gasteiger partial charge in [-0.1, -0.05) is 25.4 Å². The highest BCUT2D eigenvalue weighted by Gasteiger charge is 2.07. The third-order valence-corrected chi connectivity index (χ3v) is 3.76. The van der Waals surface area contributed by atoms with Crippen LogP contribution in [0.15, 0.2) is 18.2 Å². The average molecular weight is 352 g/mol. The van der Waals surface area contributed by atoms with Gasteiger partial charge in [0.15, 0.2) is 0 Å². The number of amides is 1. The van der Waals surface area contributed by atoms with E-state index in [-0.39, 0.29) is 5.91 Å². The monoisotopic (exact) mass is 351 g/mol. The Balaban J connectivity index is 2.56. The van der Waals surface area contributed by atoms with E-state index in [1.165, 1.54) is 0 Å². The number of hydrogen-bond acceptors (Lipinski definition) is 1. The number of benzene rings is 1. The SMILES string of the molecule is CC(C)CCNC(=O)c1ccc(I)c(Cl)c1. The molecule has 0 aromatic heterocycles. The van der Waals surface area contributed by atoms with Gasteiger partial charge in [-0.25, -0.2) is 0 Å². The molecule has 88 valence electrons. The first-order valence-electron chi connectivity index (χ1n) is 5.24. The first-order valence-corrected chi connectivity index (χ1v) is 6.69. The minimum atomic E-state index is -0.0565. The van der Waals surface area contributed by atoms with E-state index < -0.39 is 0 Å². The summed E-state index contributed by atoms with van der Waals surface area (Å²) in [5.74, 6) is 0.541. The van der Waals surface area contributed by atoms with Gasteiger partial charge < -0.3 is 5.32 Å². The fourth-order valence-electron chi connectivity index (χ4n) is 1.21. The van der Waals surface area contributed by atoms with Crippen LogP contribution >= 0.6 is 34.2 Å². The Morgan fingerprint density at radius 2 is 2.19 bits per heavy atom. The van der Waals surface area contributed by atoms with Crippen LogP contribution in [-0.2, 0) is 0 Å². The molecule has 0 saturated heterocycles. The Bertz CT molecular complexity index is 379. The van der Waals surface area contributed by atoms with Crippen LogP contribution in [0.3, 0.4) is 0 Å². The maximum atomic E-state index is 11.7. The molecule has 1 aromatic carbocycles. The summed E-state index contributed by atoms with van der Waals surface area (Å²) in [4.78, 5) is 11.7. The Kier molecular flexibility index (Phi) is 5.55. The molecule has 0 atom stereocenters. The summed E-state index contributed by atoms with van der Waals surface area (Å²) in [7, 11) is 0. The maximum absolute atomic E-state index is 11.7. The van der Waals surface area contributed by atoms with Crippen LogP contribution < -0.4 is 5.32 Å². The molecule has 1 N–H and O–H groups in total. The summed E-state index contributed by atoms with van der Waals surface area (Å²) >= 11 is 8.09. The van der Waals surface area contributed by atoms with Gasteiger partial charge in [0.25, 0.3) is 5.91 Å². The zero-order chi connectivity index (χ0) is 12.1. The van der Waals surface area contributed by atoms with Gasteiger partial charge in [-0.2, -0.15) is 0 Å². The van der Waals surface area contributed by atoms with E-state index in [4.69, 9.17) is 11.6 Å². The maximum Gasteiger partial charge on any atom is 0.251 e. The molecule has 0 heterocycles. The highest BCUT2D eigenvalue weighted by molar-refractivity contribution is 14.1. The van der Waals surface area contributed by atoms with Gasteiger partial charge >= 0.3 is 0 Å². The second-order valence-electron chi connectivity index (χ2n) is 4.07. The molecule has 0 aliphatic heterocycles. The van der Waals surface area contributed by atoms with E-state index >= 15 is 0 Å². The zero-order valence-corrected chi connectivity index (χ0v) is 12.3. The van der Waals surface area contributed by atoms with Crippen molar-refractivity contribution < 1.29 is 4.79 Å². The summed E-state index contributed by atoms with van der Waals surface area (Å²) in [6, 6.07) is 5.34. The lowest BCUT2D eigenvalue weighted by atomic mass is 10.1. The van der Waals surface area contributed by atoms with Gasteiger partial charge in [-0.15, -0.1) is 0 Å². The van der Waals surface area contributed by atoms with Crippen LogP contribution in [-0.4, -0.2) is 12.5 Å². The number of halogens is 2. The Hall–Kier alpha value is -0.290. The second-order valence-corrected chi connectivity index (χ2v) is 5.64. The Morgan fingerprint density at radius 1 is 1.50 bits per heavy atom. The van der Waals surface area contributed by atoms with Crippen molar-refractivity contribution in [1.82, 2.24) is 5.32 Å². The molecule has 1 aromatic rings. The van der Waals surface area contributed by atoms with Crippen molar-refractivity contribution in [3.05, 3.63) is 32.4 Å². The zero-order valence-electron chi connectivity index (χ0n) is 9.39. The highest BCUT2D eigenvalue weighted by atomic mass is 127. The molecule has 4 heteroatoms. The van der Waals surface area contributed by atoms with Crippen molar-refractivity contribution in [3.8, 4) is 0 Å². The van der Waals surface area contributed by atoms with Gasteiger partial charge in [0.05, 0.1) is 5.02 Å². The predicted octanol–water partition coefficient (Wildman–Crippen LogP) is 3.72. The van der Waals surface area contributed by atoms with Crippen LogP contribution in [0.25, 0.3) is 0 Å². The lowest BCUT2D eigenvalue weighted by Crippen LogP contribution is -2.25. The molecular formula is C12H15ClINO. The normalized spacial score (nSPS) is 10.6. The molecule has 0 aliphatic rings. The first kappa shape index (κ1) is 13.8. The van der Waals surface area contributed by atoms with Crippen molar-refractivity contribution in [2.24, 2.45) is 5.92 Å². The van der Waals surface area contributed by atoms with Gasteiger partial charge in [-0.3, -0.25) is 4.79 Å². The molecule has 0 fully saturated rings. The minimum absolute atomic E-state index is 0.0565. The van der Waals surface area contributed by atoms with E-state index in [0.29, 0.717) is 23.0 Å². The number of carbonyl (C=O) groups is 1. The van der Waals surface area contributed by atoms with Crippen molar-refractivity contribution in [2.75, 3.05) is 6.54 Å². The molecule has 0 radical (unpaired) electrons. The van der Waals surface area contributed by atoms with Crippen LogP contribution in [0, 0.1) is 9.49 Å². The van der Waals surface area contributed by atoms with Gasteiger partial charge in [-0.05, 0) is 53.1 Å². The van der Waals surface area contributed by atoms with Gasteiger partial charge in [0.2, 0.25) is 0 Å². The van der Waals surface area contributed by atoms with Crippen molar-refractivity contribution >= 4 is 40.1 Å². The smallest absolute Gasteiger partial charge is 0.251 e. The fraction of sp³-hybridized carbons (Fsp3) is 0.417. The third-order valence-electron chi connectivity index (χ3n) is 2.19. The molecular weight excluding hydrogens is 336 g/mol. The minimum Gasteiger partial charge on any atom is -0.352 e. The van der Waals surface area contributed by atoms with Crippen LogP contribution in [0.4, 0.5) is 0 Å². The molecule has 1 rings (SSSR count). The molecule has 0 spiro atoms. The summed E-state index contributed by atoms with van der Waals surface area (Å²) in [5.41, 5.74) is 0.620. The Morgan fingerprint density at radius 3 is 2.75 bits per heavy atom. The number of nitrogens with one attached hydrogen (secondary N) is 1. The molecule has 0 unspecified atom stereocenters. The summed E-state index contributed by atoms with van der Waals surface area (Å²) in [6.45, 7) is 4.97. The fourth-order valence-corrected chi connectivity index (χ4v) is 1.73. The second kappa shape index (κ2) is 6.45. The highest BCUT2D eigenvalue weighted by Crippen LogP contribution is 2.19.